The third-order valence-electron chi connectivity index (χ3n) is 5.77. The van der Waals surface area contributed by atoms with Crippen molar-refractivity contribution >= 4 is 22.8 Å². The Balaban J connectivity index is 1.39. The molecule has 3 N–H and O–H groups in total. The van der Waals surface area contributed by atoms with Crippen LogP contribution in [0.4, 0.5) is 0 Å². The van der Waals surface area contributed by atoms with Crippen LogP contribution in [-0.4, -0.2) is 69.7 Å². The normalized spacial score (nSPS) is 18.1. The van der Waals surface area contributed by atoms with Gasteiger partial charge in [-0.3, -0.25) is 14.8 Å². The second-order valence-electron chi connectivity index (χ2n) is 8.06. The summed E-state index contributed by atoms with van der Waals surface area (Å²) in [5.41, 5.74) is 1.96. The number of para-hydroxylation sites is 1. The first-order valence-corrected chi connectivity index (χ1v) is 10.6. The topological polar surface area (TPSA) is 116 Å². The number of likely N-dealkylation sites (tertiary alicyclic amines) is 1. The fraction of sp³-hybridized carbons (Fsp3) is 0.455. The van der Waals surface area contributed by atoms with Gasteiger partial charge in [0.05, 0.1) is 13.7 Å². The quantitative estimate of drug-likeness (QED) is 0.497. The number of benzene rings is 1. The zero-order valence-electron chi connectivity index (χ0n) is 17.9. The molecule has 1 amide bonds. The van der Waals surface area contributed by atoms with Gasteiger partial charge in [0.2, 0.25) is 5.91 Å². The number of aryl methyl sites for hydroxylation is 1. The lowest BCUT2D eigenvalue weighted by molar-refractivity contribution is -0.145. The third kappa shape index (κ3) is 4.93. The van der Waals surface area contributed by atoms with E-state index < -0.39 is 12.0 Å². The highest BCUT2D eigenvalue weighted by molar-refractivity contribution is 5.87. The zero-order valence-corrected chi connectivity index (χ0v) is 17.9. The van der Waals surface area contributed by atoms with E-state index in [-0.39, 0.29) is 18.4 Å². The molecule has 1 aromatic carbocycles. The van der Waals surface area contributed by atoms with Gasteiger partial charge in [-0.2, -0.15) is 5.10 Å². The van der Waals surface area contributed by atoms with Gasteiger partial charge < -0.3 is 15.0 Å². The first kappa shape index (κ1) is 21.0. The van der Waals surface area contributed by atoms with E-state index in [2.05, 4.69) is 30.4 Å². The minimum absolute atomic E-state index is 0.193. The number of H-pyrrole nitrogens is 2. The number of fused-ring (bicyclic) bond motifs is 1. The second kappa shape index (κ2) is 9.30. The summed E-state index contributed by atoms with van der Waals surface area (Å²) in [6, 6.07) is 7.14. The van der Waals surface area contributed by atoms with Crippen molar-refractivity contribution in [3.05, 3.63) is 47.7 Å². The number of nitrogens with one attached hydrogen (secondary N) is 3. The molecular weight excluding hydrogens is 396 g/mol. The largest absolute Gasteiger partial charge is 0.467 e. The summed E-state index contributed by atoms with van der Waals surface area (Å²) in [5.74, 6) is 1.15. The molecule has 0 radical (unpaired) electrons. The molecule has 2 aromatic heterocycles. The summed E-state index contributed by atoms with van der Waals surface area (Å²) >= 11 is 0. The predicted molar refractivity (Wildman–Crippen MR) is 115 cm³/mol. The van der Waals surface area contributed by atoms with Gasteiger partial charge in [0, 0.05) is 36.0 Å². The lowest BCUT2D eigenvalue weighted by atomic mass is 9.97. The highest BCUT2D eigenvalue weighted by atomic mass is 16.5. The Labute approximate surface area is 180 Å². The molecular formula is C22H28N6O3. The Morgan fingerprint density at radius 1 is 1.35 bits per heavy atom. The number of aromatic amines is 2. The van der Waals surface area contributed by atoms with Crippen molar-refractivity contribution in [1.82, 2.24) is 30.4 Å². The van der Waals surface area contributed by atoms with Crippen molar-refractivity contribution in [1.29, 1.82) is 0 Å². The van der Waals surface area contributed by atoms with E-state index in [4.69, 9.17) is 4.74 Å². The van der Waals surface area contributed by atoms with Gasteiger partial charge in [0.15, 0.2) is 5.82 Å². The third-order valence-corrected chi connectivity index (χ3v) is 5.77. The van der Waals surface area contributed by atoms with Crippen molar-refractivity contribution in [3.63, 3.8) is 0 Å². The van der Waals surface area contributed by atoms with Crippen molar-refractivity contribution in [3.8, 4) is 0 Å². The monoisotopic (exact) mass is 424 g/mol. The standard InChI is InChI=1S/C22H28N6O3/c1-14-24-21(27-26-14)15-6-5-9-28(12-15)13-20(29)25-19(22(30)31-2)10-16-11-23-18-8-4-3-7-17(16)18/h3-4,7-8,11,15,19,23H,5-6,9-10,12-13H2,1-2H3,(H,25,29)(H,24,26,27). The number of ether oxygens (including phenoxy) is 1. The van der Waals surface area contributed by atoms with Crippen molar-refractivity contribution < 1.29 is 14.3 Å². The van der Waals surface area contributed by atoms with Crippen LogP contribution in [0, 0.1) is 6.92 Å². The average molecular weight is 425 g/mol. The molecule has 3 aromatic rings. The Morgan fingerprint density at radius 2 is 2.19 bits per heavy atom. The minimum Gasteiger partial charge on any atom is -0.467 e. The van der Waals surface area contributed by atoms with Crippen LogP contribution in [0.25, 0.3) is 10.9 Å². The maximum atomic E-state index is 12.8. The maximum absolute atomic E-state index is 12.8. The number of esters is 1. The van der Waals surface area contributed by atoms with Gasteiger partial charge in [-0.15, -0.1) is 0 Å². The molecule has 1 fully saturated rings. The van der Waals surface area contributed by atoms with E-state index in [1.807, 2.05) is 37.4 Å². The Bertz CT molecular complexity index is 1060. The smallest absolute Gasteiger partial charge is 0.328 e. The van der Waals surface area contributed by atoms with E-state index in [0.29, 0.717) is 6.42 Å². The average Bonchev–Trinajstić information content (AvgIpc) is 3.39. The van der Waals surface area contributed by atoms with Crippen molar-refractivity contribution in [2.75, 3.05) is 26.7 Å². The molecule has 31 heavy (non-hydrogen) atoms. The van der Waals surface area contributed by atoms with Crippen LogP contribution in [0.2, 0.25) is 0 Å². The maximum Gasteiger partial charge on any atom is 0.328 e. The fourth-order valence-corrected chi connectivity index (χ4v) is 4.25. The van der Waals surface area contributed by atoms with Gasteiger partial charge in [-0.1, -0.05) is 18.2 Å². The number of hydrogen-bond acceptors (Lipinski definition) is 6. The Morgan fingerprint density at radius 3 is 2.97 bits per heavy atom. The van der Waals surface area contributed by atoms with Crippen LogP contribution in [0.5, 0.6) is 0 Å². The van der Waals surface area contributed by atoms with Crippen LogP contribution < -0.4 is 5.32 Å². The molecule has 1 aliphatic rings. The number of hydrogen-bond donors (Lipinski definition) is 3. The van der Waals surface area contributed by atoms with Gasteiger partial charge >= 0.3 is 5.97 Å². The predicted octanol–water partition coefficient (Wildman–Crippen LogP) is 1.67. The summed E-state index contributed by atoms with van der Waals surface area (Å²) in [4.78, 5) is 34.9. The van der Waals surface area contributed by atoms with Crippen LogP contribution >= 0.6 is 0 Å². The summed E-state index contributed by atoms with van der Waals surface area (Å²) in [6.45, 7) is 3.65. The van der Waals surface area contributed by atoms with Crippen LogP contribution in [0.15, 0.2) is 30.5 Å². The molecule has 2 atom stereocenters. The number of carbonyl (C=O) groups excluding carboxylic acids is 2. The van der Waals surface area contributed by atoms with E-state index in [1.165, 1.54) is 7.11 Å². The highest BCUT2D eigenvalue weighted by Gasteiger charge is 2.28. The minimum atomic E-state index is -0.743. The highest BCUT2D eigenvalue weighted by Crippen LogP contribution is 2.24. The molecule has 9 heteroatoms. The number of amides is 1. The zero-order chi connectivity index (χ0) is 21.8. The molecule has 164 valence electrons. The van der Waals surface area contributed by atoms with Crippen LogP contribution in [0.3, 0.4) is 0 Å². The van der Waals surface area contributed by atoms with Crippen LogP contribution in [-0.2, 0) is 20.7 Å². The van der Waals surface area contributed by atoms with Gasteiger partial charge in [-0.05, 0) is 37.9 Å². The molecule has 1 saturated heterocycles. The van der Waals surface area contributed by atoms with E-state index in [9.17, 15) is 9.59 Å². The molecule has 0 bridgehead atoms. The van der Waals surface area contributed by atoms with E-state index in [1.54, 1.807) is 0 Å². The fourth-order valence-electron chi connectivity index (χ4n) is 4.25. The van der Waals surface area contributed by atoms with E-state index >= 15 is 0 Å². The van der Waals surface area contributed by atoms with Gasteiger partial charge in [-0.25, -0.2) is 9.78 Å². The molecule has 4 rings (SSSR count). The van der Waals surface area contributed by atoms with Gasteiger partial charge in [0.1, 0.15) is 11.9 Å². The number of piperidine rings is 1. The molecule has 0 saturated carbocycles. The molecule has 3 heterocycles. The number of rotatable bonds is 7. The van der Waals surface area contributed by atoms with E-state index in [0.717, 1.165) is 54.0 Å². The summed E-state index contributed by atoms with van der Waals surface area (Å²) < 4.78 is 4.94. The first-order valence-electron chi connectivity index (χ1n) is 10.6. The lowest BCUT2D eigenvalue weighted by Gasteiger charge is -2.31. The van der Waals surface area contributed by atoms with Crippen molar-refractivity contribution in [2.24, 2.45) is 0 Å². The lowest BCUT2D eigenvalue weighted by Crippen LogP contribution is -2.48. The number of nitrogens with zero attached hydrogens (tertiary/aromatic N) is 3. The number of carbonyl (C=O) groups is 2. The molecule has 1 aliphatic heterocycles. The number of aromatic nitrogens is 4. The second-order valence-corrected chi connectivity index (χ2v) is 8.06. The Kier molecular flexibility index (Phi) is 6.31. The summed E-state index contributed by atoms with van der Waals surface area (Å²) in [7, 11) is 1.34. The Hall–Kier alpha value is -3.20. The summed E-state index contributed by atoms with van der Waals surface area (Å²) in [6.07, 6.45) is 4.21. The van der Waals surface area contributed by atoms with Crippen molar-refractivity contribution in [2.45, 2.75) is 38.1 Å². The van der Waals surface area contributed by atoms with Crippen LogP contribution in [0.1, 0.15) is 36.0 Å². The molecule has 0 spiro atoms. The molecule has 9 nitrogen and oxygen atoms in total. The molecule has 0 aliphatic carbocycles. The SMILES string of the molecule is COC(=O)C(Cc1c[nH]c2ccccc12)NC(=O)CN1CCCC(c2n[nH]c(C)n2)C1. The van der Waals surface area contributed by atoms with Gasteiger partial charge in [0.25, 0.3) is 0 Å². The first-order chi connectivity index (χ1) is 15.0. The molecule has 2 unspecified atom stereocenters. The summed E-state index contributed by atoms with van der Waals surface area (Å²) in [5, 5.41) is 11.1. The number of methoxy groups -OCH3 is 1.